The van der Waals surface area contributed by atoms with Crippen LogP contribution in [-0.4, -0.2) is 0 Å². The third-order valence-electron chi connectivity index (χ3n) is 0. The van der Waals surface area contributed by atoms with Crippen molar-refractivity contribution in [1.29, 1.82) is 0 Å². The molecule has 6 heavy (non-hydrogen) atoms. The Morgan fingerprint density at radius 1 is 1.33 bits per heavy atom. The van der Waals surface area contributed by atoms with Gasteiger partial charge in [0.15, 0.2) is 0 Å². The van der Waals surface area contributed by atoms with E-state index in [1.807, 2.05) is 0 Å². The summed E-state index contributed by atoms with van der Waals surface area (Å²) in [6, 6.07) is 0. The second-order valence-corrected chi connectivity index (χ2v) is 1.39. The van der Waals surface area contributed by atoms with Gasteiger partial charge in [-0.2, -0.15) is 5.92 Å². The fourth-order valence-corrected chi connectivity index (χ4v) is 0. The third-order valence-corrected chi connectivity index (χ3v) is 0. The molecule has 0 atom stereocenters. The summed E-state index contributed by atoms with van der Waals surface area (Å²) in [7, 11) is 0. The first-order chi connectivity index (χ1) is 1.73. The molecule has 0 N–H and O–H groups in total. The normalized spacial score (nSPS) is 6.00. The minimum absolute atomic E-state index is 0. The van der Waals surface area contributed by atoms with Crippen molar-refractivity contribution in [2.24, 2.45) is 5.92 Å². The molecule has 0 amide bonds. The van der Waals surface area contributed by atoms with Crippen LogP contribution in [0.2, 0.25) is 0 Å². The van der Waals surface area contributed by atoms with Gasteiger partial charge in [0.05, 0.1) is 0 Å². The molecule has 0 fully saturated rings. The van der Waals surface area contributed by atoms with Crippen LogP contribution in [0.25, 0.3) is 0 Å². The van der Waals surface area contributed by atoms with Crippen molar-refractivity contribution in [1.82, 2.24) is 0 Å². The molecule has 0 heterocycles. The fraction of sp³-hybridized carbons (Fsp3) is 0.750. The van der Waals surface area contributed by atoms with Crippen LogP contribution in [0.5, 0.6) is 0 Å². The molecule has 0 saturated carbocycles. The molecule has 2 radical (unpaired) electrons. The molecular formula is C4H9ReY-. The summed E-state index contributed by atoms with van der Waals surface area (Å²) in [6.45, 7) is 7.75. The van der Waals surface area contributed by atoms with Crippen LogP contribution in [0.1, 0.15) is 13.8 Å². The van der Waals surface area contributed by atoms with Crippen molar-refractivity contribution in [2.75, 3.05) is 0 Å². The van der Waals surface area contributed by atoms with Crippen molar-refractivity contribution in [3.63, 3.8) is 0 Å². The quantitative estimate of drug-likeness (QED) is 0.590. The Balaban J connectivity index is -0.0000000450. The monoisotopic (exact) mass is 333 g/mol. The van der Waals surface area contributed by atoms with E-state index in [1.165, 1.54) is 0 Å². The van der Waals surface area contributed by atoms with Gasteiger partial charge in [-0.1, -0.05) is 13.8 Å². The van der Waals surface area contributed by atoms with Gasteiger partial charge >= 0.3 is 0 Å². The Hall–Kier alpha value is 1.77. The van der Waals surface area contributed by atoms with Gasteiger partial charge in [-0.3, -0.25) is 0 Å². The van der Waals surface area contributed by atoms with E-state index in [0.717, 1.165) is 0 Å². The zero-order chi connectivity index (χ0) is 3.58. The number of hydrogen-bond donors (Lipinski definition) is 0. The summed E-state index contributed by atoms with van der Waals surface area (Å²) in [5.41, 5.74) is 0. The topological polar surface area (TPSA) is 0 Å². The summed E-state index contributed by atoms with van der Waals surface area (Å²) in [4.78, 5) is 0. The molecule has 0 aromatic heterocycles. The predicted octanol–water partition coefficient (Wildman–Crippen LogP) is 1.47. The Morgan fingerprint density at radius 2 is 1.33 bits per heavy atom. The van der Waals surface area contributed by atoms with Crippen molar-refractivity contribution >= 4 is 0 Å². The predicted molar refractivity (Wildman–Crippen MR) is 20.2 cm³/mol. The average molecular weight is 332 g/mol. The molecule has 0 unspecified atom stereocenters. The van der Waals surface area contributed by atoms with E-state index in [0.29, 0.717) is 5.92 Å². The Morgan fingerprint density at radius 3 is 1.33 bits per heavy atom. The first kappa shape index (κ1) is 15.7. The van der Waals surface area contributed by atoms with Gasteiger partial charge in [-0.25, -0.2) is 0 Å². The maximum Gasteiger partial charge on any atom is 0 e. The van der Waals surface area contributed by atoms with Crippen LogP contribution in [-0.2, 0) is 53.1 Å². The SMILES string of the molecule is [CH2-]C(C)C.[Re].[Y]. The third kappa shape index (κ3) is 42.0. The molecule has 0 rings (SSSR count). The number of rotatable bonds is 0. The van der Waals surface area contributed by atoms with E-state index in [1.54, 1.807) is 0 Å². The van der Waals surface area contributed by atoms with Crippen LogP contribution in [0, 0.1) is 12.8 Å². The minimum Gasteiger partial charge on any atom is -0.341 e. The number of hydrogen-bond acceptors (Lipinski definition) is 0. The minimum atomic E-state index is 0. The van der Waals surface area contributed by atoms with Gasteiger partial charge in [-0.15, -0.1) is 0 Å². The van der Waals surface area contributed by atoms with Crippen molar-refractivity contribution in [3.05, 3.63) is 6.92 Å². The van der Waals surface area contributed by atoms with Gasteiger partial charge in [-0.05, 0) is 0 Å². The van der Waals surface area contributed by atoms with Crippen LogP contribution in [0.3, 0.4) is 0 Å². The standard InChI is InChI=1S/C4H9.Re.Y/c1-4(2)3;;/h4H,1H2,2-3H3;;/q-1;;. The molecular weight excluding hydrogens is 323 g/mol. The second kappa shape index (κ2) is 9.90. The molecule has 0 aliphatic rings. The first-order valence-electron chi connectivity index (χ1n) is 1.56. The van der Waals surface area contributed by atoms with Gasteiger partial charge in [0.25, 0.3) is 0 Å². The van der Waals surface area contributed by atoms with Gasteiger partial charge in [0, 0.05) is 53.1 Å². The van der Waals surface area contributed by atoms with Gasteiger partial charge < -0.3 is 6.92 Å². The van der Waals surface area contributed by atoms with E-state index in [9.17, 15) is 0 Å². The van der Waals surface area contributed by atoms with E-state index in [-0.39, 0.29) is 53.1 Å². The first-order valence-corrected chi connectivity index (χ1v) is 1.56. The molecule has 0 nitrogen and oxygen atoms in total. The molecule has 0 aromatic carbocycles. The van der Waals surface area contributed by atoms with E-state index in [4.69, 9.17) is 0 Å². The molecule has 0 aliphatic heterocycles. The van der Waals surface area contributed by atoms with E-state index >= 15 is 0 Å². The maximum atomic E-state index is 3.64. The van der Waals surface area contributed by atoms with Gasteiger partial charge in [0.1, 0.15) is 0 Å². The van der Waals surface area contributed by atoms with Crippen LogP contribution < -0.4 is 0 Å². The maximum absolute atomic E-state index is 3.64. The summed E-state index contributed by atoms with van der Waals surface area (Å²) >= 11 is 0. The molecule has 0 bridgehead atoms. The molecule has 36 valence electrons. The largest absolute Gasteiger partial charge is 0.341 e. The summed E-state index contributed by atoms with van der Waals surface area (Å²) < 4.78 is 0. The summed E-state index contributed by atoms with van der Waals surface area (Å²) in [5.74, 6) is 0.583. The summed E-state index contributed by atoms with van der Waals surface area (Å²) in [6.07, 6.45) is 0. The van der Waals surface area contributed by atoms with E-state index in [2.05, 4.69) is 20.8 Å². The van der Waals surface area contributed by atoms with Crippen molar-refractivity contribution < 1.29 is 53.1 Å². The van der Waals surface area contributed by atoms with Crippen LogP contribution >= 0.6 is 0 Å². The zero-order valence-electron chi connectivity index (χ0n) is 4.24. The average Bonchev–Trinajstić information content (AvgIpc) is 0.811. The Bertz CT molecular complexity index is 12.3. The Labute approximate surface area is 79.0 Å². The molecule has 0 saturated heterocycles. The summed E-state index contributed by atoms with van der Waals surface area (Å²) in [5, 5.41) is 0. The van der Waals surface area contributed by atoms with Crippen molar-refractivity contribution in [3.8, 4) is 0 Å². The zero-order valence-corrected chi connectivity index (χ0v) is 9.79. The Kier molecular flexibility index (Phi) is 25.8. The van der Waals surface area contributed by atoms with Crippen molar-refractivity contribution in [2.45, 2.75) is 13.8 Å². The fourth-order valence-electron chi connectivity index (χ4n) is 0. The molecule has 0 aliphatic carbocycles. The van der Waals surface area contributed by atoms with E-state index < -0.39 is 0 Å². The van der Waals surface area contributed by atoms with Crippen LogP contribution in [0.4, 0.5) is 0 Å². The molecule has 0 spiro atoms. The second-order valence-electron chi connectivity index (χ2n) is 1.39. The smallest absolute Gasteiger partial charge is 0 e. The van der Waals surface area contributed by atoms with Gasteiger partial charge in [0.2, 0.25) is 0 Å². The molecule has 2 heteroatoms. The molecule has 0 aromatic rings. The van der Waals surface area contributed by atoms with Crippen LogP contribution in [0.15, 0.2) is 0 Å².